The minimum atomic E-state index is -0.362. The molecule has 0 aliphatic rings. The monoisotopic (exact) mass is 374 g/mol. The SMILES string of the molecule is CC(O)c1ccc(I)cc1I. The Morgan fingerprint density at radius 3 is 2.45 bits per heavy atom. The number of aliphatic hydroxyl groups is 1. The molecular weight excluding hydrogens is 366 g/mol. The lowest BCUT2D eigenvalue weighted by Gasteiger charge is -2.06. The largest absolute Gasteiger partial charge is 0.389 e. The first-order valence-corrected chi connectivity index (χ1v) is 5.40. The van der Waals surface area contributed by atoms with Gasteiger partial charge < -0.3 is 5.11 Å². The number of hydrogen-bond acceptors (Lipinski definition) is 1. The Bertz CT molecular complexity index is 258. The van der Waals surface area contributed by atoms with Crippen molar-refractivity contribution in [3.05, 3.63) is 30.9 Å². The molecule has 0 radical (unpaired) electrons. The lowest BCUT2D eigenvalue weighted by molar-refractivity contribution is 0.198. The lowest BCUT2D eigenvalue weighted by atomic mass is 10.1. The maximum atomic E-state index is 9.29. The molecule has 0 bridgehead atoms. The van der Waals surface area contributed by atoms with Crippen LogP contribution in [0.1, 0.15) is 18.6 Å². The van der Waals surface area contributed by atoms with Crippen molar-refractivity contribution < 1.29 is 5.11 Å². The molecular formula is C8H8I2O. The summed E-state index contributed by atoms with van der Waals surface area (Å²) in [5, 5.41) is 9.29. The van der Waals surface area contributed by atoms with Crippen LogP contribution in [0.15, 0.2) is 18.2 Å². The van der Waals surface area contributed by atoms with Gasteiger partial charge in [-0.15, -0.1) is 0 Å². The van der Waals surface area contributed by atoms with Gasteiger partial charge >= 0.3 is 0 Å². The molecule has 0 spiro atoms. The number of benzene rings is 1. The van der Waals surface area contributed by atoms with Crippen LogP contribution < -0.4 is 0 Å². The predicted octanol–water partition coefficient (Wildman–Crippen LogP) is 2.95. The van der Waals surface area contributed by atoms with E-state index in [4.69, 9.17) is 0 Å². The van der Waals surface area contributed by atoms with E-state index in [1.165, 1.54) is 3.57 Å². The molecule has 1 aromatic rings. The smallest absolute Gasteiger partial charge is 0.0772 e. The molecule has 1 unspecified atom stereocenters. The summed E-state index contributed by atoms with van der Waals surface area (Å²) in [7, 11) is 0. The van der Waals surface area contributed by atoms with Gasteiger partial charge in [-0.2, -0.15) is 0 Å². The molecule has 1 N–H and O–H groups in total. The molecule has 0 saturated heterocycles. The van der Waals surface area contributed by atoms with E-state index in [-0.39, 0.29) is 6.10 Å². The van der Waals surface area contributed by atoms with Gasteiger partial charge in [-0.1, -0.05) is 6.07 Å². The fourth-order valence-corrected chi connectivity index (χ4v) is 2.89. The van der Waals surface area contributed by atoms with Crippen molar-refractivity contribution in [2.75, 3.05) is 0 Å². The number of aliphatic hydroxyl groups excluding tert-OH is 1. The Morgan fingerprint density at radius 1 is 1.36 bits per heavy atom. The van der Waals surface area contributed by atoms with Crippen LogP contribution in [0.2, 0.25) is 0 Å². The third-order valence-electron chi connectivity index (χ3n) is 1.41. The molecule has 0 saturated carbocycles. The lowest BCUT2D eigenvalue weighted by Crippen LogP contribution is -1.94. The summed E-state index contributed by atoms with van der Waals surface area (Å²) in [4.78, 5) is 0. The van der Waals surface area contributed by atoms with Crippen LogP contribution in [0, 0.1) is 7.14 Å². The van der Waals surface area contributed by atoms with Gasteiger partial charge in [0.25, 0.3) is 0 Å². The molecule has 1 aromatic carbocycles. The first-order chi connectivity index (χ1) is 5.11. The van der Waals surface area contributed by atoms with Crippen LogP contribution in [-0.4, -0.2) is 5.11 Å². The highest BCUT2D eigenvalue weighted by Gasteiger charge is 2.04. The third-order valence-corrected chi connectivity index (χ3v) is 3.02. The van der Waals surface area contributed by atoms with E-state index in [9.17, 15) is 5.11 Å². The Morgan fingerprint density at radius 2 is 2.00 bits per heavy atom. The van der Waals surface area contributed by atoms with E-state index in [1.807, 2.05) is 12.1 Å². The summed E-state index contributed by atoms with van der Waals surface area (Å²) in [6.07, 6.45) is -0.362. The molecule has 1 atom stereocenters. The van der Waals surface area contributed by atoms with Crippen LogP contribution in [0.3, 0.4) is 0 Å². The fraction of sp³-hybridized carbons (Fsp3) is 0.250. The van der Waals surface area contributed by atoms with E-state index in [2.05, 4.69) is 51.2 Å². The van der Waals surface area contributed by atoms with E-state index in [1.54, 1.807) is 6.92 Å². The van der Waals surface area contributed by atoms with Gasteiger partial charge in [0, 0.05) is 7.14 Å². The molecule has 0 fully saturated rings. The molecule has 0 heterocycles. The molecule has 11 heavy (non-hydrogen) atoms. The van der Waals surface area contributed by atoms with E-state index in [0.717, 1.165) is 9.13 Å². The fourth-order valence-electron chi connectivity index (χ4n) is 0.840. The molecule has 1 nitrogen and oxygen atoms in total. The normalized spacial score (nSPS) is 13.1. The molecule has 3 heteroatoms. The second kappa shape index (κ2) is 4.04. The average molecular weight is 374 g/mol. The van der Waals surface area contributed by atoms with Gasteiger partial charge in [0.1, 0.15) is 0 Å². The van der Waals surface area contributed by atoms with E-state index >= 15 is 0 Å². The second-order valence-corrected chi connectivity index (χ2v) is 4.75. The standard InChI is InChI=1S/C8H8I2O/c1-5(11)7-3-2-6(9)4-8(7)10/h2-5,11H,1H3. The molecule has 0 aliphatic carbocycles. The Hall–Kier alpha value is 0.640. The van der Waals surface area contributed by atoms with Gasteiger partial charge in [0.05, 0.1) is 6.10 Å². The minimum absolute atomic E-state index is 0.362. The van der Waals surface area contributed by atoms with Gasteiger partial charge in [0.15, 0.2) is 0 Å². The molecule has 1 rings (SSSR count). The summed E-state index contributed by atoms with van der Waals surface area (Å²) in [6, 6.07) is 6.03. The van der Waals surface area contributed by atoms with Crippen LogP contribution in [0.25, 0.3) is 0 Å². The summed E-state index contributed by atoms with van der Waals surface area (Å²) in [5.74, 6) is 0. The van der Waals surface area contributed by atoms with Crippen LogP contribution in [-0.2, 0) is 0 Å². The summed E-state index contributed by atoms with van der Waals surface area (Å²) < 4.78 is 2.33. The van der Waals surface area contributed by atoms with Crippen LogP contribution in [0.4, 0.5) is 0 Å². The second-order valence-electron chi connectivity index (χ2n) is 2.34. The van der Waals surface area contributed by atoms with Gasteiger partial charge in [-0.05, 0) is 69.8 Å². The van der Waals surface area contributed by atoms with Crippen molar-refractivity contribution in [1.29, 1.82) is 0 Å². The maximum Gasteiger partial charge on any atom is 0.0772 e. The zero-order valence-electron chi connectivity index (χ0n) is 6.01. The molecule has 0 amide bonds. The van der Waals surface area contributed by atoms with E-state index < -0.39 is 0 Å². The number of halogens is 2. The Balaban J connectivity index is 3.09. The van der Waals surface area contributed by atoms with Gasteiger partial charge in [-0.3, -0.25) is 0 Å². The Labute approximate surface area is 93.5 Å². The van der Waals surface area contributed by atoms with Crippen molar-refractivity contribution in [1.82, 2.24) is 0 Å². The molecule has 0 aromatic heterocycles. The highest BCUT2D eigenvalue weighted by atomic mass is 127. The molecule has 60 valence electrons. The quantitative estimate of drug-likeness (QED) is 0.750. The minimum Gasteiger partial charge on any atom is -0.389 e. The summed E-state index contributed by atoms with van der Waals surface area (Å²) >= 11 is 4.50. The van der Waals surface area contributed by atoms with Crippen molar-refractivity contribution in [3.8, 4) is 0 Å². The van der Waals surface area contributed by atoms with Crippen LogP contribution >= 0.6 is 45.2 Å². The topological polar surface area (TPSA) is 20.2 Å². The Kier molecular flexibility index (Phi) is 3.57. The maximum absolute atomic E-state index is 9.29. The summed E-state index contributed by atoms with van der Waals surface area (Å²) in [6.45, 7) is 1.78. The highest BCUT2D eigenvalue weighted by Crippen LogP contribution is 2.21. The van der Waals surface area contributed by atoms with Gasteiger partial charge in [-0.25, -0.2) is 0 Å². The van der Waals surface area contributed by atoms with E-state index in [0.29, 0.717) is 0 Å². The third kappa shape index (κ3) is 2.55. The predicted molar refractivity (Wildman–Crippen MR) is 62.5 cm³/mol. The molecule has 0 aliphatic heterocycles. The van der Waals surface area contributed by atoms with Crippen molar-refractivity contribution in [2.45, 2.75) is 13.0 Å². The first-order valence-electron chi connectivity index (χ1n) is 3.24. The summed E-state index contributed by atoms with van der Waals surface area (Å²) in [5.41, 5.74) is 1.01. The zero-order valence-corrected chi connectivity index (χ0v) is 10.3. The van der Waals surface area contributed by atoms with Gasteiger partial charge in [0.2, 0.25) is 0 Å². The average Bonchev–Trinajstić information content (AvgIpc) is 1.85. The number of hydrogen-bond donors (Lipinski definition) is 1. The highest BCUT2D eigenvalue weighted by molar-refractivity contribution is 14.1. The van der Waals surface area contributed by atoms with Crippen molar-refractivity contribution >= 4 is 45.2 Å². The number of rotatable bonds is 1. The first kappa shape index (κ1) is 9.73. The van der Waals surface area contributed by atoms with Crippen LogP contribution in [0.5, 0.6) is 0 Å². The zero-order chi connectivity index (χ0) is 8.43. The van der Waals surface area contributed by atoms with Crippen molar-refractivity contribution in [2.24, 2.45) is 0 Å². The van der Waals surface area contributed by atoms with Crippen molar-refractivity contribution in [3.63, 3.8) is 0 Å².